The molecule has 1 rings (SSSR count). The molecular formula is C9H10N2. The van der Waals surface area contributed by atoms with Crippen molar-refractivity contribution in [3.63, 3.8) is 0 Å². The maximum Gasteiger partial charge on any atom is 0.248 e. The van der Waals surface area contributed by atoms with Crippen molar-refractivity contribution in [2.24, 2.45) is 0 Å². The smallest absolute Gasteiger partial charge is 0.248 e. The van der Waals surface area contributed by atoms with Crippen LogP contribution in [0.3, 0.4) is 0 Å². The topological polar surface area (TPSA) is 17.2 Å². The van der Waals surface area contributed by atoms with E-state index in [9.17, 15) is 0 Å². The Morgan fingerprint density at radius 1 is 1.55 bits per heavy atom. The Labute approximate surface area is 66.7 Å². The van der Waals surface area contributed by atoms with E-state index in [0.717, 1.165) is 12.0 Å². The van der Waals surface area contributed by atoms with Gasteiger partial charge in [-0.25, -0.2) is 6.57 Å². The van der Waals surface area contributed by atoms with Gasteiger partial charge in [0.05, 0.1) is 0 Å². The highest BCUT2D eigenvalue weighted by atomic mass is 14.7. The molecule has 1 aromatic rings. The molecule has 0 spiro atoms. The standard InChI is InChI=1S/C9H10N2/c1-3-9(10-2)8-4-6-11-7-5-8/h4-7,9H,3H2,1H3. The first-order valence-electron chi connectivity index (χ1n) is 3.65. The van der Waals surface area contributed by atoms with Gasteiger partial charge in [0.15, 0.2) is 0 Å². The van der Waals surface area contributed by atoms with Crippen LogP contribution >= 0.6 is 0 Å². The molecule has 1 unspecified atom stereocenters. The zero-order valence-corrected chi connectivity index (χ0v) is 6.49. The van der Waals surface area contributed by atoms with Crippen LogP contribution in [0.1, 0.15) is 24.9 Å². The second-order valence-corrected chi connectivity index (χ2v) is 2.33. The zero-order valence-electron chi connectivity index (χ0n) is 6.49. The minimum Gasteiger partial charge on any atom is -0.308 e. The van der Waals surface area contributed by atoms with Gasteiger partial charge in [-0.2, -0.15) is 0 Å². The Morgan fingerprint density at radius 3 is 2.64 bits per heavy atom. The molecule has 56 valence electrons. The highest BCUT2D eigenvalue weighted by molar-refractivity contribution is 5.17. The zero-order chi connectivity index (χ0) is 8.10. The Hall–Kier alpha value is -1.36. The fraction of sp³-hybridized carbons (Fsp3) is 0.333. The molecule has 1 atom stereocenters. The molecule has 11 heavy (non-hydrogen) atoms. The van der Waals surface area contributed by atoms with E-state index in [0.29, 0.717) is 0 Å². The maximum atomic E-state index is 6.90. The summed E-state index contributed by atoms with van der Waals surface area (Å²) in [5.74, 6) is 0. The molecule has 0 saturated heterocycles. The van der Waals surface area contributed by atoms with Crippen molar-refractivity contribution in [3.8, 4) is 0 Å². The molecule has 0 aromatic carbocycles. The third-order valence-corrected chi connectivity index (χ3v) is 1.63. The lowest BCUT2D eigenvalue weighted by Gasteiger charge is -1.99. The highest BCUT2D eigenvalue weighted by Gasteiger charge is 2.10. The van der Waals surface area contributed by atoms with Crippen molar-refractivity contribution < 1.29 is 0 Å². The fourth-order valence-electron chi connectivity index (χ4n) is 0.987. The van der Waals surface area contributed by atoms with E-state index in [4.69, 9.17) is 6.57 Å². The highest BCUT2D eigenvalue weighted by Crippen LogP contribution is 2.18. The Bertz CT molecular complexity index is 248. The fourth-order valence-corrected chi connectivity index (χ4v) is 0.987. The van der Waals surface area contributed by atoms with Gasteiger partial charge in [0.2, 0.25) is 6.04 Å². The molecule has 2 nitrogen and oxygen atoms in total. The average Bonchev–Trinajstić information content (AvgIpc) is 2.09. The summed E-state index contributed by atoms with van der Waals surface area (Å²) < 4.78 is 0. The average molecular weight is 146 g/mol. The monoisotopic (exact) mass is 146 g/mol. The summed E-state index contributed by atoms with van der Waals surface area (Å²) in [5, 5.41) is 0. The molecule has 0 aliphatic heterocycles. The van der Waals surface area contributed by atoms with Gasteiger partial charge < -0.3 is 4.85 Å². The Morgan fingerprint density at radius 2 is 2.18 bits per heavy atom. The van der Waals surface area contributed by atoms with Crippen molar-refractivity contribution in [3.05, 3.63) is 41.5 Å². The number of hydrogen-bond donors (Lipinski definition) is 0. The van der Waals surface area contributed by atoms with E-state index < -0.39 is 0 Å². The minimum absolute atomic E-state index is 0.0120. The molecular weight excluding hydrogens is 136 g/mol. The predicted octanol–water partition coefficient (Wildman–Crippen LogP) is 2.45. The molecule has 0 fully saturated rings. The first-order chi connectivity index (χ1) is 5.38. The first kappa shape index (κ1) is 7.74. The van der Waals surface area contributed by atoms with Crippen LogP contribution in [0.4, 0.5) is 0 Å². The lowest BCUT2D eigenvalue weighted by molar-refractivity contribution is 0.798. The van der Waals surface area contributed by atoms with E-state index in [1.165, 1.54) is 0 Å². The van der Waals surface area contributed by atoms with E-state index in [-0.39, 0.29) is 6.04 Å². The van der Waals surface area contributed by atoms with E-state index in [1.807, 2.05) is 19.1 Å². The molecule has 1 heterocycles. The van der Waals surface area contributed by atoms with Crippen LogP contribution in [0.5, 0.6) is 0 Å². The molecule has 1 aromatic heterocycles. The largest absolute Gasteiger partial charge is 0.308 e. The number of rotatable bonds is 2. The summed E-state index contributed by atoms with van der Waals surface area (Å²) in [6.07, 6.45) is 4.32. The van der Waals surface area contributed by atoms with Gasteiger partial charge in [-0.05, 0) is 12.1 Å². The first-order valence-corrected chi connectivity index (χ1v) is 3.65. The van der Waals surface area contributed by atoms with Gasteiger partial charge in [-0.3, -0.25) is 4.98 Å². The van der Waals surface area contributed by atoms with E-state index in [2.05, 4.69) is 9.83 Å². The molecule has 0 radical (unpaired) electrons. The Kier molecular flexibility index (Phi) is 2.62. The van der Waals surface area contributed by atoms with Crippen molar-refractivity contribution in [1.29, 1.82) is 0 Å². The van der Waals surface area contributed by atoms with Gasteiger partial charge in [0.1, 0.15) is 0 Å². The van der Waals surface area contributed by atoms with Gasteiger partial charge in [0.25, 0.3) is 0 Å². The van der Waals surface area contributed by atoms with E-state index >= 15 is 0 Å². The van der Waals surface area contributed by atoms with Crippen molar-refractivity contribution in [1.82, 2.24) is 4.98 Å². The summed E-state index contributed by atoms with van der Waals surface area (Å²) in [6, 6.07) is 3.80. The second-order valence-electron chi connectivity index (χ2n) is 2.33. The summed E-state index contributed by atoms with van der Waals surface area (Å²) >= 11 is 0. The Balaban J connectivity index is 2.85. The lowest BCUT2D eigenvalue weighted by atomic mass is 10.1. The van der Waals surface area contributed by atoms with Crippen LogP contribution in [0.2, 0.25) is 0 Å². The third kappa shape index (κ3) is 1.78. The summed E-state index contributed by atoms with van der Waals surface area (Å²) in [6.45, 7) is 8.92. The molecule has 0 bridgehead atoms. The van der Waals surface area contributed by atoms with Crippen LogP contribution < -0.4 is 0 Å². The SMILES string of the molecule is [C-]#[N+]C(CC)c1ccncc1. The van der Waals surface area contributed by atoms with Crippen LogP contribution in [-0.2, 0) is 0 Å². The minimum atomic E-state index is 0.0120. The predicted molar refractivity (Wildman–Crippen MR) is 43.9 cm³/mol. The molecule has 0 N–H and O–H groups in total. The van der Waals surface area contributed by atoms with Gasteiger partial charge in [-0.15, -0.1) is 0 Å². The van der Waals surface area contributed by atoms with Crippen LogP contribution in [-0.4, -0.2) is 4.98 Å². The molecule has 0 saturated carbocycles. The van der Waals surface area contributed by atoms with Gasteiger partial charge in [-0.1, -0.05) is 6.92 Å². The van der Waals surface area contributed by atoms with Crippen LogP contribution in [0.25, 0.3) is 4.85 Å². The maximum absolute atomic E-state index is 6.90. The van der Waals surface area contributed by atoms with Gasteiger partial charge >= 0.3 is 0 Å². The van der Waals surface area contributed by atoms with Crippen LogP contribution in [0.15, 0.2) is 24.5 Å². The molecule has 0 amide bonds. The van der Waals surface area contributed by atoms with E-state index in [1.54, 1.807) is 12.4 Å². The summed E-state index contributed by atoms with van der Waals surface area (Å²) in [7, 11) is 0. The van der Waals surface area contributed by atoms with Crippen molar-refractivity contribution >= 4 is 0 Å². The second kappa shape index (κ2) is 3.72. The van der Waals surface area contributed by atoms with Crippen molar-refractivity contribution in [2.45, 2.75) is 19.4 Å². The normalized spacial score (nSPS) is 12.0. The lowest BCUT2D eigenvalue weighted by Crippen LogP contribution is -1.89. The number of nitrogens with zero attached hydrogens (tertiary/aromatic N) is 2. The quantitative estimate of drug-likeness (QED) is 0.586. The van der Waals surface area contributed by atoms with Gasteiger partial charge in [0, 0.05) is 24.4 Å². The number of pyridine rings is 1. The number of aromatic nitrogens is 1. The summed E-state index contributed by atoms with van der Waals surface area (Å²) in [4.78, 5) is 7.39. The number of hydrogen-bond acceptors (Lipinski definition) is 1. The molecule has 0 aliphatic rings. The molecule has 2 heteroatoms. The van der Waals surface area contributed by atoms with Crippen molar-refractivity contribution in [2.75, 3.05) is 0 Å². The molecule has 0 aliphatic carbocycles. The van der Waals surface area contributed by atoms with Crippen LogP contribution in [0, 0.1) is 6.57 Å². The summed E-state index contributed by atoms with van der Waals surface area (Å²) in [5.41, 5.74) is 1.07. The third-order valence-electron chi connectivity index (χ3n) is 1.63.